The van der Waals surface area contributed by atoms with Crippen LogP contribution in [0.5, 0.6) is 5.88 Å². The van der Waals surface area contributed by atoms with E-state index in [2.05, 4.69) is 10.3 Å². The number of rotatable bonds is 4. The third kappa shape index (κ3) is 4.13. The van der Waals surface area contributed by atoms with Crippen molar-refractivity contribution in [3.8, 4) is 5.88 Å². The highest BCUT2D eigenvalue weighted by atomic mass is 28.3. The number of hydrogen-bond acceptors (Lipinski definition) is 4. The molecule has 0 radical (unpaired) electrons. The molecule has 1 unspecified atom stereocenters. The fraction of sp³-hybridized carbons (Fsp3) is 0.350. The Morgan fingerprint density at radius 3 is 2.40 bits per heavy atom. The summed E-state index contributed by atoms with van der Waals surface area (Å²) >= 11 is 0. The fourth-order valence-corrected chi connectivity index (χ4v) is 5.22. The first-order valence-corrected chi connectivity index (χ1v) is 12.9. The van der Waals surface area contributed by atoms with Gasteiger partial charge in [0.15, 0.2) is 0 Å². The van der Waals surface area contributed by atoms with E-state index in [-0.39, 0.29) is 17.4 Å². The van der Waals surface area contributed by atoms with Gasteiger partial charge < -0.3 is 15.2 Å². The minimum atomic E-state index is -2.27. The minimum Gasteiger partial charge on any atom is -0.481 e. The van der Waals surface area contributed by atoms with Crippen LogP contribution in [0.4, 0.5) is 19.3 Å². The lowest BCUT2D eigenvalue weighted by atomic mass is 9.96. The van der Waals surface area contributed by atoms with Gasteiger partial charge in [-0.1, -0.05) is 19.6 Å². The summed E-state index contributed by atoms with van der Waals surface area (Å²) < 4.78 is 34.2. The molecule has 10 heteroatoms. The van der Waals surface area contributed by atoms with Crippen LogP contribution in [0, 0.1) is 11.6 Å². The number of methoxy groups -OCH3 is 1. The van der Waals surface area contributed by atoms with Gasteiger partial charge in [0.25, 0.3) is 5.91 Å². The number of nitrogens with one attached hydrogen (secondary N) is 1. The van der Waals surface area contributed by atoms with Gasteiger partial charge in [0.2, 0.25) is 5.88 Å². The molecule has 1 aromatic carbocycles. The molecule has 160 valence electrons. The molecule has 1 atom stereocenters. The number of nitrogens with zero attached hydrogens (tertiary/aromatic N) is 2. The van der Waals surface area contributed by atoms with Crippen molar-refractivity contribution < 1.29 is 28.2 Å². The lowest BCUT2D eigenvalue weighted by molar-refractivity contribution is -0.121. The van der Waals surface area contributed by atoms with Gasteiger partial charge in [0, 0.05) is 35.5 Å². The molecule has 0 spiro atoms. The van der Waals surface area contributed by atoms with E-state index in [1.54, 1.807) is 6.07 Å². The fourth-order valence-electron chi connectivity index (χ4n) is 3.64. The van der Waals surface area contributed by atoms with E-state index in [0.717, 1.165) is 17.0 Å². The number of pyridine rings is 1. The van der Waals surface area contributed by atoms with Crippen LogP contribution in [0.2, 0.25) is 19.6 Å². The zero-order valence-electron chi connectivity index (χ0n) is 17.1. The zero-order valence-corrected chi connectivity index (χ0v) is 18.1. The first-order chi connectivity index (χ1) is 14.0. The molecule has 3 rings (SSSR count). The summed E-state index contributed by atoms with van der Waals surface area (Å²) in [5.74, 6) is -1.82. The molecule has 7 nitrogen and oxygen atoms in total. The summed E-state index contributed by atoms with van der Waals surface area (Å²) in [7, 11) is -0.812. The SMILES string of the molecule is COc1ccc2c(n1)CCN(C(=O)O)C2C(=O)Nc1cc(F)c([Si](C)(C)C)c(F)c1. The van der Waals surface area contributed by atoms with Crippen molar-refractivity contribution >= 4 is 30.9 Å². The average Bonchev–Trinajstić information content (AvgIpc) is 2.64. The monoisotopic (exact) mass is 435 g/mol. The van der Waals surface area contributed by atoms with E-state index in [9.17, 15) is 23.5 Å². The van der Waals surface area contributed by atoms with Crippen LogP contribution in [0.25, 0.3) is 0 Å². The van der Waals surface area contributed by atoms with Gasteiger partial charge in [-0.25, -0.2) is 18.6 Å². The van der Waals surface area contributed by atoms with Crippen LogP contribution in [0.15, 0.2) is 24.3 Å². The number of halogens is 2. The molecule has 0 saturated heterocycles. The first kappa shape index (κ1) is 21.7. The zero-order chi connectivity index (χ0) is 22.2. The number of aromatic nitrogens is 1. The van der Waals surface area contributed by atoms with Gasteiger partial charge in [-0.15, -0.1) is 0 Å². The average molecular weight is 436 g/mol. The highest BCUT2D eigenvalue weighted by Crippen LogP contribution is 2.31. The van der Waals surface area contributed by atoms with Gasteiger partial charge in [0.05, 0.1) is 20.9 Å². The van der Waals surface area contributed by atoms with E-state index in [1.807, 2.05) is 19.6 Å². The predicted octanol–water partition coefficient (Wildman–Crippen LogP) is 3.13. The number of carbonyl (C=O) groups is 2. The Kier molecular flexibility index (Phi) is 5.80. The van der Waals surface area contributed by atoms with Crippen LogP contribution in [0.3, 0.4) is 0 Å². The van der Waals surface area contributed by atoms with Crippen molar-refractivity contribution in [1.29, 1.82) is 0 Å². The molecular weight excluding hydrogens is 412 g/mol. The van der Waals surface area contributed by atoms with Crippen molar-refractivity contribution in [2.24, 2.45) is 0 Å². The number of carbonyl (C=O) groups excluding carboxylic acids is 1. The summed E-state index contributed by atoms with van der Waals surface area (Å²) in [6.07, 6.45) is -0.959. The molecule has 30 heavy (non-hydrogen) atoms. The Labute approximate surface area is 173 Å². The number of carboxylic acid groups (broad SMARTS) is 1. The maximum absolute atomic E-state index is 14.5. The predicted molar refractivity (Wildman–Crippen MR) is 110 cm³/mol. The van der Waals surface area contributed by atoms with Gasteiger partial charge >= 0.3 is 6.09 Å². The van der Waals surface area contributed by atoms with Crippen molar-refractivity contribution in [2.45, 2.75) is 32.1 Å². The molecule has 0 saturated carbocycles. The van der Waals surface area contributed by atoms with Crippen molar-refractivity contribution in [1.82, 2.24) is 9.88 Å². The summed E-state index contributed by atoms with van der Waals surface area (Å²) in [5.41, 5.74) is 0.871. The van der Waals surface area contributed by atoms with E-state index in [4.69, 9.17) is 4.74 Å². The number of benzene rings is 1. The smallest absolute Gasteiger partial charge is 0.408 e. The largest absolute Gasteiger partial charge is 0.481 e. The van der Waals surface area contributed by atoms with Crippen molar-refractivity contribution in [3.63, 3.8) is 0 Å². The lowest BCUT2D eigenvalue weighted by Crippen LogP contribution is -2.45. The normalized spacial score (nSPS) is 16.1. The maximum atomic E-state index is 14.5. The van der Waals surface area contributed by atoms with Gasteiger partial charge in [-0.05, 0) is 18.2 Å². The molecule has 2 amide bonds. The van der Waals surface area contributed by atoms with Gasteiger partial charge in [-0.2, -0.15) is 0 Å². The Morgan fingerprint density at radius 2 is 1.87 bits per heavy atom. The van der Waals surface area contributed by atoms with Crippen LogP contribution in [-0.2, 0) is 11.2 Å². The van der Waals surface area contributed by atoms with E-state index < -0.39 is 37.8 Å². The third-order valence-electron chi connectivity index (χ3n) is 4.94. The Balaban J connectivity index is 1.96. The van der Waals surface area contributed by atoms with E-state index in [1.165, 1.54) is 13.2 Å². The highest BCUT2D eigenvalue weighted by Gasteiger charge is 2.37. The van der Waals surface area contributed by atoms with Crippen molar-refractivity contribution in [2.75, 3.05) is 19.0 Å². The number of anilines is 1. The standard InChI is InChI=1S/C20H23F2N3O4Si/c1-29-16-6-5-12-15(24-16)7-8-25(20(27)28)17(12)19(26)23-11-9-13(21)18(14(22)10-11)30(2,3)4/h5-6,9-10,17H,7-8H2,1-4H3,(H,23,26)(H,27,28). The second kappa shape index (κ2) is 8.02. The maximum Gasteiger partial charge on any atom is 0.408 e. The number of hydrogen-bond donors (Lipinski definition) is 2. The highest BCUT2D eigenvalue weighted by molar-refractivity contribution is 6.88. The molecule has 2 heterocycles. The molecule has 2 N–H and O–H groups in total. The van der Waals surface area contributed by atoms with Gasteiger partial charge in [-0.3, -0.25) is 9.69 Å². The minimum absolute atomic E-state index is 0.0481. The van der Waals surface area contributed by atoms with Crippen LogP contribution in [-0.4, -0.2) is 48.7 Å². The molecular formula is C20H23F2N3O4Si. The molecule has 0 bridgehead atoms. The first-order valence-electron chi connectivity index (χ1n) is 9.36. The number of amides is 2. The van der Waals surface area contributed by atoms with Gasteiger partial charge in [0.1, 0.15) is 17.7 Å². The Morgan fingerprint density at radius 1 is 1.23 bits per heavy atom. The van der Waals surface area contributed by atoms with E-state index >= 15 is 0 Å². The summed E-state index contributed by atoms with van der Waals surface area (Å²) in [6.45, 7) is 5.50. The van der Waals surface area contributed by atoms with Crippen LogP contribution < -0.4 is 15.2 Å². The summed E-state index contributed by atoms with van der Waals surface area (Å²) in [5, 5.41) is 12.1. The topological polar surface area (TPSA) is 91.8 Å². The molecule has 1 aliphatic heterocycles. The third-order valence-corrected chi connectivity index (χ3v) is 6.92. The number of fused-ring (bicyclic) bond motifs is 1. The summed E-state index contributed by atoms with van der Waals surface area (Å²) in [6, 6.07) is 4.04. The second-order valence-corrected chi connectivity index (χ2v) is 13.1. The van der Waals surface area contributed by atoms with Crippen LogP contribution >= 0.6 is 0 Å². The quantitative estimate of drug-likeness (QED) is 0.720. The second-order valence-electron chi connectivity index (χ2n) is 8.07. The Bertz CT molecular complexity index is 987. The number of ether oxygens (including phenoxy) is 1. The Hall–Kier alpha value is -3.01. The molecule has 1 aromatic heterocycles. The molecule has 0 aliphatic carbocycles. The lowest BCUT2D eigenvalue weighted by Gasteiger charge is -2.33. The van der Waals surface area contributed by atoms with E-state index in [0.29, 0.717) is 23.6 Å². The van der Waals surface area contributed by atoms with Crippen LogP contribution in [0.1, 0.15) is 17.3 Å². The summed E-state index contributed by atoms with van der Waals surface area (Å²) in [4.78, 5) is 30.0. The molecule has 1 aliphatic rings. The molecule has 0 fully saturated rings. The molecule has 2 aromatic rings. The van der Waals surface area contributed by atoms with Crippen molar-refractivity contribution in [3.05, 3.63) is 47.2 Å².